The van der Waals surface area contributed by atoms with Crippen LogP contribution in [-0.2, 0) is 9.59 Å². The molecule has 0 aromatic heterocycles. The fourth-order valence-electron chi connectivity index (χ4n) is 2.75. The second kappa shape index (κ2) is 11.1. The highest BCUT2D eigenvalue weighted by Gasteiger charge is 2.17. The average molecular weight is 543 g/mol. The van der Waals surface area contributed by atoms with Crippen molar-refractivity contribution in [3.63, 3.8) is 0 Å². The number of nitrogens with one attached hydrogen (secondary N) is 2. The third-order valence-electron chi connectivity index (χ3n) is 4.50. The van der Waals surface area contributed by atoms with E-state index >= 15 is 0 Å². The third-order valence-corrected chi connectivity index (χ3v) is 5.00. The molecule has 3 aromatic carbocycles. The molecule has 0 heterocycles. The summed E-state index contributed by atoms with van der Waals surface area (Å²) < 4.78 is 19.7. The Kier molecular flexibility index (Phi) is 8.00. The molecule has 35 heavy (non-hydrogen) atoms. The number of carbonyl (C=O) groups is 3. The van der Waals surface area contributed by atoms with Gasteiger partial charge in [0.25, 0.3) is 5.69 Å². The van der Waals surface area contributed by atoms with Gasteiger partial charge in [-0.05, 0) is 49.4 Å². The van der Waals surface area contributed by atoms with Crippen molar-refractivity contribution in [2.45, 2.75) is 6.92 Å². The smallest absolute Gasteiger partial charge is 0.343 e. The Morgan fingerprint density at radius 1 is 1.03 bits per heavy atom. The van der Waals surface area contributed by atoms with Crippen LogP contribution in [0.25, 0.3) is 0 Å². The molecule has 178 valence electrons. The number of nitrogens with zero attached hydrogens (tertiary/aromatic N) is 2. The molecule has 0 saturated heterocycles. The molecule has 0 radical (unpaired) electrons. The molecule has 0 aliphatic rings. The maximum absolute atomic E-state index is 13.9. The number of nitro benzene ring substituents is 1. The fraction of sp³-hybridized carbons (Fsp3) is 0.0435. The van der Waals surface area contributed by atoms with Gasteiger partial charge in [-0.3, -0.25) is 19.7 Å². The van der Waals surface area contributed by atoms with Crippen molar-refractivity contribution in [1.29, 1.82) is 0 Å². The minimum Gasteiger partial charge on any atom is -0.422 e. The minimum absolute atomic E-state index is 0.0881. The summed E-state index contributed by atoms with van der Waals surface area (Å²) in [5, 5.41) is 16.8. The monoisotopic (exact) mass is 542 g/mol. The maximum atomic E-state index is 13.9. The lowest BCUT2D eigenvalue weighted by Gasteiger charge is -2.10. The van der Waals surface area contributed by atoms with E-state index in [1.807, 2.05) is 0 Å². The predicted molar refractivity (Wildman–Crippen MR) is 128 cm³/mol. The van der Waals surface area contributed by atoms with Crippen molar-refractivity contribution >= 4 is 50.8 Å². The lowest BCUT2D eigenvalue weighted by Crippen LogP contribution is -2.33. The summed E-state index contributed by atoms with van der Waals surface area (Å²) in [5.74, 6) is -3.68. The molecular formula is C23H16BrFN4O6. The maximum Gasteiger partial charge on any atom is 0.343 e. The van der Waals surface area contributed by atoms with Crippen LogP contribution in [0.2, 0.25) is 0 Å². The zero-order valence-electron chi connectivity index (χ0n) is 18.0. The van der Waals surface area contributed by atoms with Crippen LogP contribution in [0, 0.1) is 15.9 Å². The Labute approximate surface area is 206 Å². The quantitative estimate of drug-likeness (QED) is 0.119. The molecule has 0 fully saturated rings. The number of non-ortho nitro benzene ring substituents is 1. The lowest BCUT2D eigenvalue weighted by atomic mass is 10.1. The molecule has 3 aromatic rings. The first kappa shape index (κ1) is 25.2. The number of nitro groups is 1. The molecule has 0 aliphatic heterocycles. The predicted octanol–water partition coefficient (Wildman–Crippen LogP) is 4.19. The van der Waals surface area contributed by atoms with Gasteiger partial charge in [-0.2, -0.15) is 5.10 Å². The Bertz CT molecular complexity index is 1340. The highest BCUT2D eigenvalue weighted by atomic mass is 79.9. The molecular weight excluding hydrogens is 527 g/mol. The van der Waals surface area contributed by atoms with E-state index in [-0.39, 0.29) is 28.4 Å². The van der Waals surface area contributed by atoms with Gasteiger partial charge >= 0.3 is 17.8 Å². The Balaban J connectivity index is 1.69. The second-order valence-electron chi connectivity index (χ2n) is 6.91. The molecule has 3 rings (SSSR count). The Morgan fingerprint density at radius 3 is 2.37 bits per heavy atom. The number of anilines is 1. The van der Waals surface area contributed by atoms with Crippen molar-refractivity contribution in [3.05, 3.63) is 98.3 Å². The molecule has 0 unspecified atom stereocenters. The number of hydrogen-bond donors (Lipinski definition) is 2. The molecule has 0 saturated carbocycles. The molecule has 2 amide bonds. The van der Waals surface area contributed by atoms with Crippen LogP contribution in [0.1, 0.15) is 22.8 Å². The second-order valence-corrected chi connectivity index (χ2v) is 7.82. The largest absolute Gasteiger partial charge is 0.422 e. The number of hydrazone groups is 1. The van der Waals surface area contributed by atoms with Gasteiger partial charge in [0.15, 0.2) is 0 Å². The first-order valence-corrected chi connectivity index (χ1v) is 10.6. The summed E-state index contributed by atoms with van der Waals surface area (Å²) in [4.78, 5) is 46.8. The molecule has 10 nitrogen and oxygen atoms in total. The van der Waals surface area contributed by atoms with Crippen LogP contribution in [0.15, 0.2) is 76.3 Å². The molecule has 0 bridgehead atoms. The van der Waals surface area contributed by atoms with Gasteiger partial charge in [0, 0.05) is 22.2 Å². The van der Waals surface area contributed by atoms with E-state index in [0.717, 1.165) is 6.07 Å². The number of halogens is 2. The van der Waals surface area contributed by atoms with Crippen LogP contribution >= 0.6 is 15.9 Å². The summed E-state index contributed by atoms with van der Waals surface area (Å²) >= 11 is 3.09. The van der Waals surface area contributed by atoms with Crippen LogP contribution < -0.4 is 15.5 Å². The fourth-order valence-corrected chi connectivity index (χ4v) is 3.08. The van der Waals surface area contributed by atoms with Crippen molar-refractivity contribution in [2.75, 3.05) is 5.32 Å². The van der Waals surface area contributed by atoms with Gasteiger partial charge in [0.05, 0.1) is 21.9 Å². The molecule has 2 N–H and O–H groups in total. The van der Waals surface area contributed by atoms with Crippen molar-refractivity contribution < 1.29 is 28.4 Å². The molecule has 0 spiro atoms. The van der Waals surface area contributed by atoms with E-state index < -0.39 is 28.5 Å². The number of ether oxygens (including phenoxy) is 1. The Hall–Kier alpha value is -4.45. The molecule has 0 atom stereocenters. The lowest BCUT2D eigenvalue weighted by molar-refractivity contribution is -0.384. The van der Waals surface area contributed by atoms with Crippen LogP contribution in [0.4, 0.5) is 15.8 Å². The number of para-hydroxylation sites is 1. The van der Waals surface area contributed by atoms with Gasteiger partial charge in [0.2, 0.25) is 0 Å². The number of amides is 2. The highest BCUT2D eigenvalue weighted by Crippen LogP contribution is 2.22. The Morgan fingerprint density at radius 2 is 1.71 bits per heavy atom. The van der Waals surface area contributed by atoms with E-state index in [9.17, 15) is 28.9 Å². The number of benzene rings is 3. The van der Waals surface area contributed by atoms with Crippen molar-refractivity contribution in [2.24, 2.45) is 5.10 Å². The number of rotatable bonds is 6. The zero-order valence-corrected chi connectivity index (χ0v) is 19.5. The van der Waals surface area contributed by atoms with Gasteiger partial charge < -0.3 is 10.1 Å². The summed E-state index contributed by atoms with van der Waals surface area (Å²) in [7, 11) is 0. The minimum atomic E-state index is -1.15. The number of esters is 1. The first-order valence-electron chi connectivity index (χ1n) is 9.82. The van der Waals surface area contributed by atoms with Gasteiger partial charge in [-0.1, -0.05) is 28.1 Å². The van der Waals surface area contributed by atoms with Gasteiger partial charge in [0.1, 0.15) is 11.6 Å². The zero-order chi connectivity index (χ0) is 25.5. The topological polar surface area (TPSA) is 140 Å². The summed E-state index contributed by atoms with van der Waals surface area (Å²) in [5.41, 5.74) is 2.33. The summed E-state index contributed by atoms with van der Waals surface area (Å²) in [6.07, 6.45) is 0. The van der Waals surface area contributed by atoms with Gasteiger partial charge in [-0.25, -0.2) is 14.6 Å². The third kappa shape index (κ3) is 6.54. The van der Waals surface area contributed by atoms with Crippen LogP contribution in [0.3, 0.4) is 0 Å². The average Bonchev–Trinajstić information content (AvgIpc) is 2.84. The number of carbonyl (C=O) groups excluding carboxylic acids is 3. The SMILES string of the molecule is C/C(=N\NC(=O)C(=O)Nc1ccc(Br)cc1F)c1ccccc1OC(=O)c1ccc([N+](=O)[O-])cc1. The highest BCUT2D eigenvalue weighted by molar-refractivity contribution is 9.10. The van der Waals surface area contributed by atoms with E-state index in [2.05, 4.69) is 31.8 Å². The van der Waals surface area contributed by atoms with Crippen molar-refractivity contribution in [3.8, 4) is 5.75 Å². The van der Waals surface area contributed by atoms with Crippen LogP contribution in [0.5, 0.6) is 5.75 Å². The molecule has 12 heteroatoms. The standard InChI is InChI=1S/C23H16BrFN4O6/c1-13(27-28-22(31)21(30)26-19-11-8-15(24)12-18(19)25)17-4-2-3-5-20(17)35-23(32)14-6-9-16(10-7-14)29(33)34/h2-12H,1H3,(H,26,30)(H,28,31)/b27-13+. The molecule has 0 aliphatic carbocycles. The van der Waals surface area contributed by atoms with Crippen molar-refractivity contribution in [1.82, 2.24) is 5.43 Å². The summed E-state index contributed by atoms with van der Waals surface area (Å²) in [6.45, 7) is 1.51. The summed E-state index contributed by atoms with van der Waals surface area (Å²) in [6, 6.07) is 15.1. The normalized spacial score (nSPS) is 10.9. The van der Waals surface area contributed by atoms with E-state index in [1.54, 1.807) is 18.2 Å². The first-order chi connectivity index (χ1) is 16.7. The van der Waals surface area contributed by atoms with E-state index in [1.165, 1.54) is 49.4 Å². The number of hydrogen-bond acceptors (Lipinski definition) is 7. The van der Waals surface area contributed by atoms with E-state index in [0.29, 0.717) is 10.0 Å². The van der Waals surface area contributed by atoms with E-state index in [4.69, 9.17) is 4.74 Å². The van der Waals surface area contributed by atoms with Gasteiger partial charge in [-0.15, -0.1) is 0 Å². The van der Waals surface area contributed by atoms with Crippen LogP contribution in [-0.4, -0.2) is 28.4 Å².